The van der Waals surface area contributed by atoms with Gasteiger partial charge in [0.1, 0.15) is 0 Å². The maximum Gasteiger partial charge on any atom is 2.00 e. The molecule has 0 aliphatic carbocycles. The van der Waals surface area contributed by atoms with Crippen LogP contribution in [-0.4, -0.2) is 11.9 Å². The van der Waals surface area contributed by atoms with Crippen molar-refractivity contribution in [2.75, 3.05) is 0 Å². The summed E-state index contributed by atoms with van der Waals surface area (Å²) < 4.78 is 0. The van der Waals surface area contributed by atoms with Crippen molar-refractivity contribution in [1.29, 1.82) is 0 Å². The molecule has 0 aromatic carbocycles. The number of carbonyl (C=O) groups excluding carboxylic acids is 2. The first-order chi connectivity index (χ1) is 7.91. The zero-order chi connectivity index (χ0) is 13.7. The zero-order valence-electron chi connectivity index (χ0n) is 11.5. The Bertz CT molecular complexity index is 227. The molecule has 0 saturated carbocycles. The van der Waals surface area contributed by atoms with Crippen LogP contribution in [0, 0.1) is 0 Å². The van der Waals surface area contributed by atoms with Crippen LogP contribution < -0.4 is 10.2 Å². The zero-order valence-corrected chi connectivity index (χ0v) is 14.5. The maximum absolute atomic E-state index is 9.98. The van der Waals surface area contributed by atoms with E-state index < -0.39 is 11.9 Å². The summed E-state index contributed by atoms with van der Waals surface area (Å²) in [7, 11) is 0. The quantitative estimate of drug-likeness (QED) is 0.377. The molecule has 0 aromatic heterocycles. The van der Waals surface area contributed by atoms with Crippen molar-refractivity contribution in [3.8, 4) is 0 Å². The van der Waals surface area contributed by atoms with Gasteiger partial charge in [0.2, 0.25) is 0 Å². The largest absolute Gasteiger partial charge is 2.00 e. The number of carboxylic acid groups (broad SMARTS) is 2. The van der Waals surface area contributed by atoms with Crippen molar-refractivity contribution in [2.45, 2.75) is 58.8 Å². The van der Waals surface area contributed by atoms with Gasteiger partial charge in [0.05, 0.1) is 5.97 Å². The van der Waals surface area contributed by atoms with Crippen LogP contribution in [0.15, 0.2) is 12.2 Å². The molecule has 0 radical (unpaired) electrons. The predicted molar refractivity (Wildman–Crippen MR) is 62.8 cm³/mol. The van der Waals surface area contributed by atoms with Crippen molar-refractivity contribution in [3.63, 3.8) is 0 Å². The van der Waals surface area contributed by atoms with Gasteiger partial charge in [-0.1, -0.05) is 45.6 Å². The van der Waals surface area contributed by atoms with Crippen molar-refractivity contribution >= 4 is 11.9 Å². The van der Waals surface area contributed by atoms with Gasteiger partial charge in [-0.15, -0.1) is 0 Å². The van der Waals surface area contributed by atoms with E-state index in [0.717, 1.165) is 12.8 Å². The SMILES string of the molecule is C=C(C)C(=O)[O-].CCCCCCCCC(=O)[O-].[Zn+2]. The van der Waals surface area contributed by atoms with Crippen molar-refractivity contribution in [1.82, 2.24) is 0 Å². The molecular weight excluding hydrogens is 286 g/mol. The molecule has 0 heterocycles. The second-order valence-electron chi connectivity index (χ2n) is 3.96. The Hall–Kier alpha value is -0.697. The molecule has 0 amide bonds. The summed E-state index contributed by atoms with van der Waals surface area (Å²) >= 11 is 0. The van der Waals surface area contributed by atoms with Gasteiger partial charge in [0, 0.05) is 5.97 Å². The second kappa shape index (κ2) is 16.3. The van der Waals surface area contributed by atoms with Gasteiger partial charge in [0.15, 0.2) is 0 Å². The van der Waals surface area contributed by atoms with Crippen LogP contribution in [0.25, 0.3) is 0 Å². The van der Waals surface area contributed by atoms with Crippen molar-refractivity contribution < 1.29 is 39.3 Å². The molecule has 4 nitrogen and oxygen atoms in total. The molecule has 0 spiro atoms. The summed E-state index contributed by atoms with van der Waals surface area (Å²) in [5.41, 5.74) is 0.0648. The number of hydrogen-bond acceptors (Lipinski definition) is 4. The first-order valence-electron chi connectivity index (χ1n) is 5.98. The van der Waals surface area contributed by atoms with E-state index in [0.29, 0.717) is 0 Å². The Morgan fingerprint density at radius 2 is 1.39 bits per heavy atom. The first kappa shape index (κ1) is 22.5. The fourth-order valence-electron chi connectivity index (χ4n) is 1.05. The van der Waals surface area contributed by atoms with E-state index in [1.54, 1.807) is 0 Å². The van der Waals surface area contributed by atoms with Crippen LogP contribution in [0.4, 0.5) is 0 Å². The normalized spacial score (nSPS) is 8.56. The molecule has 0 saturated heterocycles. The van der Waals surface area contributed by atoms with E-state index >= 15 is 0 Å². The Morgan fingerprint density at radius 1 is 1.00 bits per heavy atom. The van der Waals surface area contributed by atoms with Gasteiger partial charge in [-0.3, -0.25) is 0 Å². The molecule has 0 aliphatic rings. The fraction of sp³-hybridized carbons (Fsp3) is 0.692. The Kier molecular flexibility index (Phi) is 20.4. The van der Waals surface area contributed by atoms with Gasteiger partial charge in [0.25, 0.3) is 0 Å². The van der Waals surface area contributed by atoms with Crippen molar-refractivity contribution in [2.24, 2.45) is 0 Å². The standard InChI is InChI=1S/C9H18O2.C4H6O2.Zn/c1-2-3-4-5-6-7-8-9(10)11;1-3(2)4(5)6;/h2-8H2,1H3,(H,10,11);1H2,2H3,(H,5,6);/q;;+2/p-2. The minimum Gasteiger partial charge on any atom is -0.550 e. The third kappa shape index (κ3) is 24.5. The summed E-state index contributed by atoms with van der Waals surface area (Å²) in [6.45, 7) is 6.64. The number of hydrogen-bond donors (Lipinski definition) is 0. The third-order valence-corrected chi connectivity index (χ3v) is 2.08. The third-order valence-electron chi connectivity index (χ3n) is 2.08. The molecular formula is C13H22O4Zn. The predicted octanol–water partition coefficient (Wildman–Crippen LogP) is 0.797. The molecule has 0 fully saturated rings. The van der Waals surface area contributed by atoms with Crippen LogP contribution in [0.3, 0.4) is 0 Å². The Balaban J connectivity index is -0.000000277. The van der Waals surface area contributed by atoms with Gasteiger partial charge < -0.3 is 19.8 Å². The van der Waals surface area contributed by atoms with Crippen LogP contribution >= 0.6 is 0 Å². The topological polar surface area (TPSA) is 80.3 Å². The van der Waals surface area contributed by atoms with E-state index in [4.69, 9.17) is 0 Å². The Labute approximate surface area is 122 Å². The number of unbranched alkanes of at least 4 members (excludes halogenated alkanes) is 5. The van der Waals surface area contributed by atoms with Gasteiger partial charge in [-0.25, -0.2) is 0 Å². The summed E-state index contributed by atoms with van der Waals surface area (Å²) in [6, 6.07) is 0. The minimum atomic E-state index is -1.19. The molecule has 5 heteroatoms. The van der Waals surface area contributed by atoms with Crippen LogP contribution in [0.1, 0.15) is 58.8 Å². The molecule has 0 N–H and O–H groups in total. The number of carbonyl (C=O) groups is 2. The smallest absolute Gasteiger partial charge is 0.550 e. The minimum absolute atomic E-state index is 0. The van der Waals surface area contributed by atoms with Crippen molar-refractivity contribution in [3.05, 3.63) is 12.2 Å². The number of carboxylic acids is 2. The van der Waals surface area contributed by atoms with Gasteiger partial charge in [-0.05, 0) is 25.3 Å². The summed E-state index contributed by atoms with van der Waals surface area (Å²) in [6.07, 6.45) is 6.96. The molecule has 0 aromatic rings. The maximum atomic E-state index is 9.98. The molecule has 100 valence electrons. The summed E-state index contributed by atoms with van der Waals surface area (Å²) in [5.74, 6) is -2.10. The van der Waals surface area contributed by atoms with E-state index in [2.05, 4.69) is 13.5 Å². The number of rotatable bonds is 8. The van der Waals surface area contributed by atoms with Crippen LogP contribution in [0.2, 0.25) is 0 Å². The number of aliphatic carboxylic acids is 2. The second-order valence-corrected chi connectivity index (χ2v) is 3.96. The molecule has 0 bridgehead atoms. The van der Waals surface area contributed by atoms with E-state index in [1.807, 2.05) is 0 Å². The van der Waals surface area contributed by atoms with E-state index in [9.17, 15) is 19.8 Å². The fourth-order valence-corrected chi connectivity index (χ4v) is 1.05. The molecule has 0 unspecified atom stereocenters. The molecule has 0 atom stereocenters. The first-order valence-corrected chi connectivity index (χ1v) is 5.98. The summed E-state index contributed by atoms with van der Waals surface area (Å²) in [5, 5.41) is 19.5. The van der Waals surface area contributed by atoms with Crippen LogP contribution in [-0.2, 0) is 29.1 Å². The van der Waals surface area contributed by atoms with E-state index in [-0.39, 0.29) is 31.5 Å². The van der Waals surface area contributed by atoms with Gasteiger partial charge in [-0.2, -0.15) is 0 Å². The van der Waals surface area contributed by atoms with Gasteiger partial charge >= 0.3 is 19.5 Å². The molecule has 18 heavy (non-hydrogen) atoms. The van der Waals surface area contributed by atoms with Crippen LogP contribution in [0.5, 0.6) is 0 Å². The average Bonchev–Trinajstić information content (AvgIpc) is 2.23. The Morgan fingerprint density at radius 3 is 1.72 bits per heavy atom. The molecule has 0 aliphatic heterocycles. The van der Waals surface area contributed by atoms with E-state index in [1.165, 1.54) is 32.6 Å². The monoisotopic (exact) mass is 306 g/mol. The molecule has 0 rings (SSSR count). The summed E-state index contributed by atoms with van der Waals surface area (Å²) in [4.78, 5) is 19.5. The average molecular weight is 308 g/mol.